The van der Waals surface area contributed by atoms with Crippen LogP contribution in [0.5, 0.6) is 0 Å². The Morgan fingerprint density at radius 2 is 2.00 bits per heavy atom. The van der Waals surface area contributed by atoms with Gasteiger partial charge in [-0.2, -0.15) is 0 Å². The molecule has 3 atom stereocenters. The third-order valence-electron chi connectivity index (χ3n) is 4.29. The van der Waals surface area contributed by atoms with Crippen LogP contribution >= 0.6 is 0 Å². The number of amides is 1. The Balaban J connectivity index is 1.70. The first-order chi connectivity index (χ1) is 9.83. The van der Waals surface area contributed by atoms with E-state index in [1.54, 1.807) is 12.1 Å². The summed E-state index contributed by atoms with van der Waals surface area (Å²) in [4.78, 5) is 14.2. The van der Waals surface area contributed by atoms with E-state index in [1.807, 2.05) is 25.7 Å². The van der Waals surface area contributed by atoms with Crippen molar-refractivity contribution in [3.63, 3.8) is 0 Å². The molecule has 2 fully saturated rings. The molecular formula is C17H22FNO2. The highest BCUT2D eigenvalue weighted by molar-refractivity contribution is 5.69. The van der Waals surface area contributed by atoms with E-state index in [9.17, 15) is 9.18 Å². The second-order valence-electron chi connectivity index (χ2n) is 7.19. The van der Waals surface area contributed by atoms with Crippen molar-refractivity contribution < 1.29 is 13.9 Å². The standard InChI is InChI=1S/C17H22FNO2/c1-17(2,3)21-16(20)19-10-12-9-14(12)15(19)8-11-4-6-13(18)7-5-11/h4-7,12,14-15H,8-10H2,1-3H3/t12-,14-,15-/m1/s1. The molecule has 1 aliphatic carbocycles. The summed E-state index contributed by atoms with van der Waals surface area (Å²) < 4.78 is 18.5. The first-order valence-corrected chi connectivity index (χ1v) is 7.57. The van der Waals surface area contributed by atoms with Gasteiger partial charge >= 0.3 is 6.09 Å². The smallest absolute Gasteiger partial charge is 0.410 e. The zero-order valence-electron chi connectivity index (χ0n) is 12.8. The second-order valence-corrected chi connectivity index (χ2v) is 7.19. The van der Waals surface area contributed by atoms with Gasteiger partial charge in [-0.3, -0.25) is 0 Å². The predicted molar refractivity (Wildman–Crippen MR) is 78.4 cm³/mol. The Morgan fingerprint density at radius 3 is 2.62 bits per heavy atom. The fourth-order valence-electron chi connectivity index (χ4n) is 3.23. The molecule has 21 heavy (non-hydrogen) atoms. The lowest BCUT2D eigenvalue weighted by Crippen LogP contribution is -2.42. The van der Waals surface area contributed by atoms with Gasteiger partial charge in [0.25, 0.3) is 0 Å². The highest BCUT2D eigenvalue weighted by atomic mass is 19.1. The maximum absolute atomic E-state index is 13.0. The number of piperidine rings is 1. The summed E-state index contributed by atoms with van der Waals surface area (Å²) >= 11 is 0. The zero-order valence-corrected chi connectivity index (χ0v) is 12.8. The summed E-state index contributed by atoms with van der Waals surface area (Å²) in [6.07, 6.45) is 1.76. The Labute approximate surface area is 125 Å². The molecule has 0 N–H and O–H groups in total. The van der Waals surface area contributed by atoms with Crippen LogP contribution in [0.4, 0.5) is 9.18 Å². The largest absolute Gasteiger partial charge is 0.444 e. The lowest BCUT2D eigenvalue weighted by atomic mass is 10.0. The summed E-state index contributed by atoms with van der Waals surface area (Å²) in [7, 11) is 0. The molecule has 1 amide bonds. The van der Waals surface area contributed by atoms with Crippen molar-refractivity contribution in [3.05, 3.63) is 35.6 Å². The number of likely N-dealkylation sites (tertiary alicyclic amines) is 1. The Morgan fingerprint density at radius 1 is 1.33 bits per heavy atom. The number of carbonyl (C=O) groups is 1. The molecule has 114 valence electrons. The highest BCUT2D eigenvalue weighted by Crippen LogP contribution is 2.50. The molecule has 4 heteroatoms. The van der Waals surface area contributed by atoms with Crippen molar-refractivity contribution in [1.82, 2.24) is 4.90 Å². The van der Waals surface area contributed by atoms with Crippen LogP contribution in [0.25, 0.3) is 0 Å². The van der Waals surface area contributed by atoms with E-state index in [0.717, 1.165) is 18.5 Å². The zero-order chi connectivity index (χ0) is 15.2. The topological polar surface area (TPSA) is 29.5 Å². The average molecular weight is 291 g/mol. The van der Waals surface area contributed by atoms with E-state index < -0.39 is 5.60 Å². The van der Waals surface area contributed by atoms with Gasteiger partial charge in [0, 0.05) is 12.6 Å². The summed E-state index contributed by atoms with van der Waals surface area (Å²) in [5, 5.41) is 0. The van der Waals surface area contributed by atoms with Crippen LogP contribution in [0.1, 0.15) is 32.8 Å². The molecule has 0 bridgehead atoms. The van der Waals surface area contributed by atoms with Crippen molar-refractivity contribution in [2.24, 2.45) is 11.8 Å². The second kappa shape index (κ2) is 5.00. The van der Waals surface area contributed by atoms with Gasteiger partial charge in [-0.05, 0) is 63.1 Å². The summed E-state index contributed by atoms with van der Waals surface area (Å²) in [6, 6.07) is 6.76. The summed E-state index contributed by atoms with van der Waals surface area (Å²) in [5.74, 6) is 0.990. The maximum Gasteiger partial charge on any atom is 0.410 e. The fraction of sp³-hybridized carbons (Fsp3) is 0.588. The van der Waals surface area contributed by atoms with Gasteiger partial charge in [0.05, 0.1) is 0 Å². The van der Waals surface area contributed by atoms with Crippen LogP contribution in [-0.4, -0.2) is 29.2 Å². The van der Waals surface area contributed by atoms with Crippen LogP contribution in [0.3, 0.4) is 0 Å². The van der Waals surface area contributed by atoms with Gasteiger partial charge in [-0.25, -0.2) is 9.18 Å². The SMILES string of the molecule is CC(C)(C)OC(=O)N1C[C@H]2C[C@H]2[C@H]1Cc1ccc(F)cc1. The molecule has 1 aliphatic heterocycles. The Hall–Kier alpha value is -1.58. The Bertz CT molecular complexity index is 535. The van der Waals surface area contributed by atoms with Gasteiger partial charge < -0.3 is 9.64 Å². The molecule has 0 aromatic heterocycles. The van der Waals surface area contributed by atoms with Crippen LogP contribution in [0.15, 0.2) is 24.3 Å². The van der Waals surface area contributed by atoms with Gasteiger partial charge in [0.1, 0.15) is 11.4 Å². The number of hydrogen-bond acceptors (Lipinski definition) is 2. The number of fused-ring (bicyclic) bond motifs is 1. The molecule has 1 aromatic rings. The number of hydrogen-bond donors (Lipinski definition) is 0. The number of halogens is 1. The van der Waals surface area contributed by atoms with Gasteiger partial charge in [-0.1, -0.05) is 12.1 Å². The quantitative estimate of drug-likeness (QED) is 0.833. The van der Waals surface area contributed by atoms with Crippen molar-refractivity contribution >= 4 is 6.09 Å². The number of nitrogens with zero attached hydrogens (tertiary/aromatic N) is 1. The minimum absolute atomic E-state index is 0.190. The molecule has 2 aliphatic rings. The number of carbonyl (C=O) groups excluding carboxylic acids is 1. The van der Waals surface area contributed by atoms with E-state index in [0.29, 0.717) is 11.8 Å². The summed E-state index contributed by atoms with van der Waals surface area (Å²) in [5.41, 5.74) is 0.604. The molecule has 1 heterocycles. The van der Waals surface area contributed by atoms with E-state index in [4.69, 9.17) is 4.74 Å². The Kier molecular flexibility index (Phi) is 3.42. The lowest BCUT2D eigenvalue weighted by Gasteiger charge is -2.30. The first-order valence-electron chi connectivity index (χ1n) is 7.57. The van der Waals surface area contributed by atoms with Crippen LogP contribution in [0.2, 0.25) is 0 Å². The van der Waals surface area contributed by atoms with Crippen LogP contribution < -0.4 is 0 Å². The van der Waals surface area contributed by atoms with Crippen molar-refractivity contribution in [1.29, 1.82) is 0 Å². The van der Waals surface area contributed by atoms with E-state index >= 15 is 0 Å². The third kappa shape index (κ3) is 3.20. The molecule has 3 rings (SSSR count). The predicted octanol–water partition coefficient (Wildman–Crippen LogP) is 3.62. The van der Waals surface area contributed by atoms with Crippen LogP contribution in [-0.2, 0) is 11.2 Å². The molecule has 0 unspecified atom stereocenters. The van der Waals surface area contributed by atoms with E-state index in [2.05, 4.69) is 0 Å². The maximum atomic E-state index is 13.0. The van der Waals surface area contributed by atoms with Crippen molar-refractivity contribution in [3.8, 4) is 0 Å². The highest BCUT2D eigenvalue weighted by Gasteiger charge is 2.54. The molecular weight excluding hydrogens is 269 g/mol. The molecule has 0 spiro atoms. The molecule has 3 nitrogen and oxygen atoms in total. The van der Waals surface area contributed by atoms with Crippen molar-refractivity contribution in [2.75, 3.05) is 6.54 Å². The molecule has 1 saturated carbocycles. The van der Waals surface area contributed by atoms with Crippen LogP contribution in [0, 0.1) is 17.7 Å². The third-order valence-corrected chi connectivity index (χ3v) is 4.29. The normalized spacial score (nSPS) is 27.4. The minimum atomic E-state index is -0.468. The van der Waals surface area contributed by atoms with E-state index in [-0.39, 0.29) is 18.0 Å². The van der Waals surface area contributed by atoms with Gasteiger partial charge in [0.15, 0.2) is 0 Å². The first kappa shape index (κ1) is 14.4. The van der Waals surface area contributed by atoms with Gasteiger partial charge in [-0.15, -0.1) is 0 Å². The molecule has 1 aromatic carbocycles. The summed E-state index contributed by atoms with van der Waals surface area (Å²) in [6.45, 7) is 6.45. The minimum Gasteiger partial charge on any atom is -0.444 e. The van der Waals surface area contributed by atoms with E-state index in [1.165, 1.54) is 18.6 Å². The van der Waals surface area contributed by atoms with Crippen molar-refractivity contribution in [2.45, 2.75) is 45.3 Å². The molecule has 1 saturated heterocycles. The number of ether oxygens (including phenoxy) is 1. The number of benzene rings is 1. The molecule has 0 radical (unpaired) electrons. The average Bonchev–Trinajstić information content (AvgIpc) is 3.06. The lowest BCUT2D eigenvalue weighted by molar-refractivity contribution is 0.0193. The monoisotopic (exact) mass is 291 g/mol. The van der Waals surface area contributed by atoms with Gasteiger partial charge in [0.2, 0.25) is 0 Å². The fourth-order valence-corrected chi connectivity index (χ4v) is 3.23. The number of rotatable bonds is 2.